The lowest BCUT2D eigenvalue weighted by atomic mass is 9.94. The Morgan fingerprint density at radius 1 is 1.24 bits per heavy atom. The van der Waals surface area contributed by atoms with E-state index in [1.807, 2.05) is 0 Å². The number of alkyl halides is 1. The van der Waals surface area contributed by atoms with Crippen LogP contribution < -0.4 is 11.1 Å². The topological polar surface area (TPSA) is 212 Å². The van der Waals surface area contributed by atoms with Crippen LogP contribution in [0.1, 0.15) is 18.7 Å². The van der Waals surface area contributed by atoms with E-state index in [1.165, 1.54) is 31.2 Å². The molecule has 0 spiro atoms. The van der Waals surface area contributed by atoms with E-state index < -0.39 is 55.2 Å². The van der Waals surface area contributed by atoms with Gasteiger partial charge in [-0.3, -0.25) is 9.36 Å². The first kappa shape index (κ1) is 27.1. The van der Waals surface area contributed by atoms with Gasteiger partial charge >= 0.3 is 11.9 Å². The molecule has 3 aromatic rings. The number of hydrogen-bond donors (Lipinski definition) is 5. The number of carboxylic acids is 2. The minimum atomic E-state index is -2.79. The Bertz CT molecular complexity index is 1370. The molecule has 1 aliphatic heterocycles. The Balaban J connectivity index is 1.54. The van der Waals surface area contributed by atoms with Crippen LogP contribution in [-0.4, -0.2) is 83.3 Å². The number of benzene rings is 1. The van der Waals surface area contributed by atoms with Crippen LogP contribution in [0.5, 0.6) is 0 Å². The van der Waals surface area contributed by atoms with E-state index in [0.29, 0.717) is 5.69 Å². The average Bonchev–Trinajstić information content (AvgIpc) is 3.38. The minimum Gasteiger partial charge on any atom is -0.479 e. The van der Waals surface area contributed by atoms with Crippen LogP contribution in [-0.2, 0) is 30.3 Å². The number of nitrogen functional groups attached to an aromatic ring is 1. The highest BCUT2D eigenvalue weighted by Crippen LogP contribution is 2.35. The number of aliphatic hydroxyl groups excluding tert-OH is 1. The average molecular weight is 553 g/mol. The van der Waals surface area contributed by atoms with Gasteiger partial charge in [-0.25, -0.2) is 19.0 Å². The highest BCUT2D eigenvalue weighted by Gasteiger charge is 2.52. The lowest BCUT2D eigenvalue weighted by Crippen LogP contribution is -2.52. The number of hydrogen-bond acceptors (Lipinski definition) is 10. The van der Waals surface area contributed by atoms with Gasteiger partial charge in [0.05, 0.1) is 12.9 Å². The fourth-order valence-corrected chi connectivity index (χ4v) is 4.17. The summed E-state index contributed by atoms with van der Waals surface area (Å²) in [5.41, 5.74) is 3.78. The number of carbonyl (C=O) groups excluding carboxylic acids is 1. The van der Waals surface area contributed by atoms with Crippen LogP contribution >= 0.6 is 11.6 Å². The zero-order valence-electron chi connectivity index (χ0n) is 19.6. The van der Waals surface area contributed by atoms with Gasteiger partial charge in [-0.2, -0.15) is 9.97 Å². The molecule has 16 heteroatoms. The number of nitrogens with two attached hydrogens (primary N) is 1. The molecule has 4 atom stereocenters. The second kappa shape index (κ2) is 10.4. The van der Waals surface area contributed by atoms with Crippen molar-refractivity contribution >= 4 is 52.1 Å². The first-order valence-corrected chi connectivity index (χ1v) is 11.4. The van der Waals surface area contributed by atoms with E-state index in [2.05, 4.69) is 20.3 Å². The quantitative estimate of drug-likeness (QED) is 0.184. The Morgan fingerprint density at radius 2 is 1.89 bits per heavy atom. The standard InChI is InChI=1S/C22H22ClFN6O8/c1-9(31)27-11-4-2-10(3-5-11)6-22(19(33)34,20(35)36)37-7-12-15(32)13(24)18(38-12)30-8-26-14-16(25)28-21(23)29-17(14)30/h2-5,8,12-13,15,18,32H,6-7H2,1H3,(H,27,31)(H,33,34)(H,35,36)(H2,25,28,29)/t12-,13+,15-,18-/m1/s1. The molecular formula is C22H22ClFN6O8. The monoisotopic (exact) mass is 552 g/mol. The van der Waals surface area contributed by atoms with Gasteiger partial charge < -0.3 is 35.8 Å². The number of ether oxygens (including phenoxy) is 2. The number of nitrogens with zero attached hydrogens (tertiary/aromatic N) is 4. The number of carboxylic acid groups (broad SMARTS) is 2. The Morgan fingerprint density at radius 3 is 2.50 bits per heavy atom. The molecule has 6 N–H and O–H groups in total. The fourth-order valence-electron chi connectivity index (χ4n) is 4.00. The second-order valence-electron chi connectivity index (χ2n) is 8.51. The molecule has 2 aromatic heterocycles. The first-order valence-electron chi connectivity index (χ1n) is 11.0. The second-order valence-corrected chi connectivity index (χ2v) is 8.84. The van der Waals surface area contributed by atoms with Crippen molar-refractivity contribution < 1.29 is 43.6 Å². The largest absolute Gasteiger partial charge is 0.479 e. The number of nitrogens with one attached hydrogen (secondary N) is 1. The maximum Gasteiger partial charge on any atom is 0.348 e. The van der Waals surface area contributed by atoms with Gasteiger partial charge in [-0.05, 0) is 29.3 Å². The molecule has 0 saturated carbocycles. The van der Waals surface area contributed by atoms with Crippen LogP contribution in [0.25, 0.3) is 11.2 Å². The van der Waals surface area contributed by atoms with Crippen molar-refractivity contribution in [1.29, 1.82) is 0 Å². The van der Waals surface area contributed by atoms with Gasteiger partial charge in [0.2, 0.25) is 11.2 Å². The number of anilines is 2. The van der Waals surface area contributed by atoms with E-state index in [1.54, 1.807) is 0 Å². The van der Waals surface area contributed by atoms with Gasteiger partial charge in [-0.1, -0.05) is 12.1 Å². The predicted octanol–water partition coefficient (Wildman–Crippen LogP) is 0.784. The molecule has 1 saturated heterocycles. The summed E-state index contributed by atoms with van der Waals surface area (Å²) >= 11 is 5.83. The van der Waals surface area contributed by atoms with E-state index in [-0.39, 0.29) is 33.7 Å². The van der Waals surface area contributed by atoms with Gasteiger partial charge in [0.25, 0.3) is 5.60 Å². The normalized spacial score (nSPS) is 21.5. The van der Waals surface area contributed by atoms with Crippen molar-refractivity contribution in [2.75, 3.05) is 17.7 Å². The Hall–Kier alpha value is -3.92. The van der Waals surface area contributed by atoms with Crippen LogP contribution in [0.15, 0.2) is 30.6 Å². The number of aromatic nitrogens is 4. The molecule has 3 heterocycles. The third-order valence-corrected chi connectivity index (χ3v) is 6.07. The van der Waals surface area contributed by atoms with Crippen LogP contribution in [0.2, 0.25) is 5.28 Å². The van der Waals surface area contributed by atoms with Crippen molar-refractivity contribution in [3.8, 4) is 0 Å². The van der Waals surface area contributed by atoms with Crippen LogP contribution in [0, 0.1) is 0 Å². The number of aliphatic carboxylic acids is 2. The Kier molecular flexibility index (Phi) is 7.46. The van der Waals surface area contributed by atoms with E-state index in [4.69, 9.17) is 26.8 Å². The third-order valence-electron chi connectivity index (χ3n) is 5.90. The molecular weight excluding hydrogens is 531 g/mol. The first-order chi connectivity index (χ1) is 17.9. The molecule has 1 fully saturated rings. The highest BCUT2D eigenvalue weighted by atomic mass is 35.5. The minimum absolute atomic E-state index is 0.0250. The summed E-state index contributed by atoms with van der Waals surface area (Å²) in [6.07, 6.45) is -6.28. The SMILES string of the molecule is CC(=O)Nc1ccc(CC(OC[C@H]2O[C@@H](n3cnc4c(N)nc(Cl)nc43)[C@@H](F)[C@@H]2O)(C(=O)O)C(=O)O)cc1. The number of aliphatic hydroxyl groups is 1. The summed E-state index contributed by atoms with van der Waals surface area (Å²) < 4.78 is 27.1. The van der Waals surface area contributed by atoms with Crippen molar-refractivity contribution in [2.45, 2.75) is 43.6 Å². The molecule has 4 rings (SSSR count). The van der Waals surface area contributed by atoms with Crippen LogP contribution in [0.4, 0.5) is 15.9 Å². The number of halogens is 2. The molecule has 1 aromatic carbocycles. The zero-order chi connectivity index (χ0) is 27.8. The van der Waals surface area contributed by atoms with Crippen LogP contribution in [0.3, 0.4) is 0 Å². The van der Waals surface area contributed by atoms with E-state index in [0.717, 1.165) is 10.9 Å². The lowest BCUT2D eigenvalue weighted by Gasteiger charge is -2.27. The van der Waals surface area contributed by atoms with Crippen molar-refractivity contribution in [3.63, 3.8) is 0 Å². The number of carbonyl (C=O) groups is 3. The summed E-state index contributed by atoms with van der Waals surface area (Å²) in [6, 6.07) is 5.77. The number of imidazole rings is 1. The molecule has 38 heavy (non-hydrogen) atoms. The summed E-state index contributed by atoms with van der Waals surface area (Å²) in [7, 11) is 0. The fraction of sp³-hybridized carbons (Fsp3) is 0.364. The molecule has 1 amide bonds. The molecule has 1 aliphatic rings. The summed E-state index contributed by atoms with van der Waals surface area (Å²) in [4.78, 5) is 47.1. The summed E-state index contributed by atoms with van der Waals surface area (Å²) in [5, 5.41) is 32.4. The summed E-state index contributed by atoms with van der Waals surface area (Å²) in [6.45, 7) is 0.520. The number of fused-ring (bicyclic) bond motifs is 1. The maximum atomic E-state index is 15.1. The van der Waals surface area contributed by atoms with Crippen molar-refractivity contribution in [3.05, 3.63) is 41.4 Å². The molecule has 0 radical (unpaired) electrons. The van der Waals surface area contributed by atoms with Gasteiger partial charge in [0.1, 0.15) is 17.7 Å². The van der Waals surface area contributed by atoms with Crippen molar-refractivity contribution in [2.24, 2.45) is 0 Å². The maximum absolute atomic E-state index is 15.1. The lowest BCUT2D eigenvalue weighted by molar-refractivity contribution is -0.190. The predicted molar refractivity (Wildman–Crippen MR) is 128 cm³/mol. The van der Waals surface area contributed by atoms with Crippen molar-refractivity contribution in [1.82, 2.24) is 19.5 Å². The molecule has 0 bridgehead atoms. The highest BCUT2D eigenvalue weighted by molar-refractivity contribution is 6.28. The molecule has 14 nitrogen and oxygen atoms in total. The third kappa shape index (κ3) is 5.08. The van der Waals surface area contributed by atoms with Gasteiger partial charge in [-0.15, -0.1) is 0 Å². The van der Waals surface area contributed by atoms with E-state index in [9.17, 15) is 29.7 Å². The van der Waals surface area contributed by atoms with Gasteiger partial charge in [0.15, 0.2) is 23.9 Å². The number of rotatable bonds is 9. The molecule has 0 aliphatic carbocycles. The smallest absolute Gasteiger partial charge is 0.348 e. The Labute approximate surface area is 218 Å². The number of amides is 1. The van der Waals surface area contributed by atoms with E-state index >= 15 is 4.39 Å². The molecule has 0 unspecified atom stereocenters. The summed E-state index contributed by atoms with van der Waals surface area (Å²) in [5.74, 6) is -4.03. The molecule has 202 valence electrons. The zero-order valence-corrected chi connectivity index (χ0v) is 20.4. The van der Waals surface area contributed by atoms with Gasteiger partial charge in [0, 0.05) is 19.0 Å².